The maximum atomic E-state index is 11.7. The maximum Gasteiger partial charge on any atom is 0.306 e. The smallest absolute Gasteiger partial charge is 0.306 e. The molecule has 5 nitrogen and oxygen atoms in total. The summed E-state index contributed by atoms with van der Waals surface area (Å²) in [5, 5.41) is 0. The van der Waals surface area contributed by atoms with E-state index in [1.165, 1.54) is 0 Å². The van der Waals surface area contributed by atoms with Gasteiger partial charge in [0, 0.05) is 52.4 Å². The van der Waals surface area contributed by atoms with Crippen molar-refractivity contribution in [2.75, 3.05) is 19.8 Å². The van der Waals surface area contributed by atoms with Crippen LogP contribution in [0.15, 0.2) is 0 Å². The molecule has 0 unspecified atom stereocenters. The molecular weight excluding hydrogens is 339 g/mol. The van der Waals surface area contributed by atoms with Gasteiger partial charge in [0.05, 0.1) is 6.42 Å². The van der Waals surface area contributed by atoms with Crippen LogP contribution in [0.2, 0.25) is 0 Å². The molecule has 0 heterocycles. The molecule has 0 aromatic carbocycles. The van der Waals surface area contributed by atoms with Gasteiger partial charge in [-0.2, -0.15) is 0 Å². The van der Waals surface area contributed by atoms with Crippen molar-refractivity contribution in [2.24, 2.45) is 0 Å². The Labute approximate surface area is 141 Å². The van der Waals surface area contributed by atoms with Crippen molar-refractivity contribution in [2.45, 2.75) is 66.0 Å². The number of hydrogen-bond acceptors (Lipinski definition) is 5. The molecule has 0 aliphatic rings. The molecule has 0 atom stereocenters. The minimum atomic E-state index is -1.14. The van der Waals surface area contributed by atoms with E-state index in [0.29, 0.717) is 26.2 Å². The van der Waals surface area contributed by atoms with Crippen LogP contribution in [0.4, 0.5) is 0 Å². The number of rotatable bonds is 9. The number of ether oxygens (including phenoxy) is 4. The molecule has 0 bridgehead atoms. The third-order valence-electron chi connectivity index (χ3n) is 2.15. The van der Waals surface area contributed by atoms with Crippen molar-refractivity contribution in [3.63, 3.8) is 0 Å². The summed E-state index contributed by atoms with van der Waals surface area (Å²) in [5.74, 6) is -1.43. The summed E-state index contributed by atoms with van der Waals surface area (Å²) in [5.41, 5.74) is -0.484. The molecular formula is C14H28O5Zr. The molecule has 0 amide bonds. The second kappa shape index (κ2) is 10.9. The summed E-state index contributed by atoms with van der Waals surface area (Å²) in [6.07, 6.45) is 0.509. The van der Waals surface area contributed by atoms with Crippen molar-refractivity contribution in [1.29, 1.82) is 0 Å². The molecule has 20 heavy (non-hydrogen) atoms. The first-order valence-electron chi connectivity index (χ1n) is 6.92. The number of carbonyl (C=O) groups excluding carboxylic acids is 1. The molecule has 0 spiro atoms. The van der Waals surface area contributed by atoms with Crippen molar-refractivity contribution in [3.8, 4) is 0 Å². The van der Waals surface area contributed by atoms with Crippen LogP contribution in [0.1, 0.15) is 54.4 Å². The van der Waals surface area contributed by atoms with Crippen LogP contribution in [-0.4, -0.2) is 37.4 Å². The Kier molecular flexibility index (Phi) is 12.3. The first-order chi connectivity index (χ1) is 8.78. The molecule has 118 valence electrons. The maximum absolute atomic E-state index is 11.7. The summed E-state index contributed by atoms with van der Waals surface area (Å²) in [7, 11) is 0. The predicted molar refractivity (Wildman–Crippen MR) is 72.7 cm³/mol. The van der Waals surface area contributed by atoms with Gasteiger partial charge >= 0.3 is 5.97 Å². The number of esters is 1. The fraction of sp³-hybridized carbons (Fsp3) is 0.929. The van der Waals surface area contributed by atoms with Crippen LogP contribution in [0.25, 0.3) is 0 Å². The van der Waals surface area contributed by atoms with Gasteiger partial charge < -0.3 is 18.9 Å². The third kappa shape index (κ3) is 10.0. The van der Waals surface area contributed by atoms with Gasteiger partial charge in [-0.3, -0.25) is 4.79 Å². The van der Waals surface area contributed by atoms with Gasteiger partial charge in [0.15, 0.2) is 0 Å². The van der Waals surface area contributed by atoms with E-state index >= 15 is 0 Å². The Bertz CT molecular complexity index is 246. The Balaban J connectivity index is 0. The van der Waals surface area contributed by atoms with Gasteiger partial charge in [-0.25, -0.2) is 0 Å². The van der Waals surface area contributed by atoms with E-state index in [2.05, 4.69) is 0 Å². The second-order valence-electron chi connectivity index (χ2n) is 5.07. The monoisotopic (exact) mass is 366 g/mol. The normalized spacial score (nSPS) is 11.9. The largest absolute Gasteiger partial charge is 0.460 e. The zero-order valence-corrected chi connectivity index (χ0v) is 16.0. The molecule has 0 aromatic rings. The summed E-state index contributed by atoms with van der Waals surface area (Å²) in [6, 6.07) is 0. The quantitative estimate of drug-likeness (QED) is 0.463. The summed E-state index contributed by atoms with van der Waals surface area (Å²) in [4.78, 5) is 11.7. The Hall–Kier alpha value is 0.233. The van der Waals surface area contributed by atoms with Gasteiger partial charge in [0.1, 0.15) is 5.60 Å². The molecule has 0 aliphatic heterocycles. The first-order valence-corrected chi connectivity index (χ1v) is 6.92. The predicted octanol–water partition coefficient (Wildman–Crippen LogP) is 2.87. The van der Waals surface area contributed by atoms with Crippen LogP contribution in [0, 0.1) is 0 Å². The minimum absolute atomic E-state index is 0. The molecule has 0 rings (SSSR count). The van der Waals surface area contributed by atoms with Crippen LogP contribution in [-0.2, 0) is 49.9 Å². The van der Waals surface area contributed by atoms with E-state index in [1.807, 2.05) is 41.5 Å². The van der Waals surface area contributed by atoms with E-state index in [-0.39, 0.29) is 38.6 Å². The van der Waals surface area contributed by atoms with Gasteiger partial charge in [-0.15, -0.1) is 0 Å². The van der Waals surface area contributed by atoms with Gasteiger partial charge in [0.25, 0.3) is 5.97 Å². The Morgan fingerprint density at radius 1 is 0.900 bits per heavy atom. The fourth-order valence-corrected chi connectivity index (χ4v) is 1.65. The molecule has 0 N–H and O–H groups in total. The molecule has 0 aliphatic carbocycles. The van der Waals surface area contributed by atoms with Crippen molar-refractivity contribution >= 4 is 5.97 Å². The minimum Gasteiger partial charge on any atom is -0.460 e. The van der Waals surface area contributed by atoms with Gasteiger partial charge in [0.2, 0.25) is 0 Å². The van der Waals surface area contributed by atoms with Crippen LogP contribution >= 0.6 is 0 Å². The number of hydrogen-bond donors (Lipinski definition) is 0. The van der Waals surface area contributed by atoms with Crippen molar-refractivity contribution < 1.29 is 49.9 Å². The van der Waals surface area contributed by atoms with E-state index in [9.17, 15) is 4.79 Å². The molecule has 0 aromatic heterocycles. The van der Waals surface area contributed by atoms with Gasteiger partial charge in [-0.05, 0) is 41.5 Å². The molecule has 0 saturated carbocycles. The summed E-state index contributed by atoms with van der Waals surface area (Å²) < 4.78 is 21.9. The van der Waals surface area contributed by atoms with Crippen LogP contribution in [0.3, 0.4) is 0 Å². The second-order valence-corrected chi connectivity index (χ2v) is 5.07. The SMILES string of the molecule is CCOC(CCC(=O)OC(C)(C)C)(OCC)OCC.[Zr]. The van der Waals surface area contributed by atoms with E-state index in [1.54, 1.807) is 0 Å². The fourth-order valence-electron chi connectivity index (χ4n) is 1.65. The van der Waals surface area contributed by atoms with Crippen LogP contribution in [0.5, 0.6) is 0 Å². The first kappa shape index (κ1) is 22.5. The topological polar surface area (TPSA) is 54.0 Å². The summed E-state index contributed by atoms with van der Waals surface area (Å²) in [6.45, 7) is 12.5. The molecule has 0 saturated heterocycles. The average molecular weight is 368 g/mol. The van der Waals surface area contributed by atoms with E-state index < -0.39 is 11.6 Å². The van der Waals surface area contributed by atoms with Crippen LogP contribution < -0.4 is 0 Å². The van der Waals surface area contributed by atoms with E-state index in [0.717, 1.165) is 0 Å². The third-order valence-corrected chi connectivity index (χ3v) is 2.15. The zero-order valence-electron chi connectivity index (χ0n) is 13.6. The molecule has 0 radical (unpaired) electrons. The zero-order chi connectivity index (χ0) is 14.9. The van der Waals surface area contributed by atoms with Gasteiger partial charge in [-0.1, -0.05) is 0 Å². The molecule has 0 fully saturated rings. The van der Waals surface area contributed by atoms with Crippen molar-refractivity contribution in [3.05, 3.63) is 0 Å². The average Bonchev–Trinajstić information content (AvgIpc) is 2.25. The van der Waals surface area contributed by atoms with Crippen molar-refractivity contribution in [1.82, 2.24) is 0 Å². The Morgan fingerprint density at radius 3 is 1.60 bits per heavy atom. The molecule has 6 heteroatoms. The standard InChI is InChI=1S/C14H28O5.Zr/c1-7-16-14(17-8-2,18-9-3)11-10-12(15)19-13(4,5)6;/h7-11H2,1-6H3;. The summed E-state index contributed by atoms with van der Waals surface area (Å²) >= 11 is 0. The Morgan fingerprint density at radius 2 is 1.30 bits per heavy atom. The van der Waals surface area contributed by atoms with E-state index in [4.69, 9.17) is 18.9 Å². The number of carbonyl (C=O) groups is 1.